The summed E-state index contributed by atoms with van der Waals surface area (Å²) in [4.78, 5) is 24.9. The number of nitrogens with one attached hydrogen (secondary N) is 2. The van der Waals surface area contributed by atoms with Crippen LogP contribution in [0.15, 0.2) is 35.4 Å². The lowest BCUT2D eigenvalue weighted by atomic mass is 10.2. The number of hydrogen-bond acceptors (Lipinski definition) is 3. The van der Waals surface area contributed by atoms with Crippen molar-refractivity contribution < 1.29 is 4.79 Å². The Balaban J connectivity index is 1.98. The van der Waals surface area contributed by atoms with Gasteiger partial charge < -0.3 is 10.3 Å². The van der Waals surface area contributed by atoms with Crippen molar-refractivity contribution in [3.63, 3.8) is 0 Å². The van der Waals surface area contributed by atoms with Crippen LogP contribution in [0.3, 0.4) is 0 Å². The topological polar surface area (TPSA) is 79.8 Å². The quantitative estimate of drug-likeness (QED) is 0.784. The van der Waals surface area contributed by atoms with Gasteiger partial charge in [0.05, 0.1) is 17.8 Å². The third kappa shape index (κ3) is 2.81. The van der Waals surface area contributed by atoms with Crippen molar-refractivity contribution in [3.05, 3.63) is 52.2 Å². The molecule has 0 fully saturated rings. The summed E-state index contributed by atoms with van der Waals surface area (Å²) in [7, 11) is 1.81. The van der Waals surface area contributed by atoms with Crippen molar-refractivity contribution in [3.8, 4) is 0 Å². The molecule has 0 aliphatic rings. The molecule has 1 amide bonds. The molecular formula is C11H12N4O2. The highest BCUT2D eigenvalue weighted by atomic mass is 16.1. The number of hydrogen-bond donors (Lipinski definition) is 2. The van der Waals surface area contributed by atoms with Crippen molar-refractivity contribution in [2.45, 2.75) is 6.54 Å². The molecular weight excluding hydrogens is 220 g/mol. The molecule has 0 atom stereocenters. The van der Waals surface area contributed by atoms with E-state index in [1.54, 1.807) is 4.68 Å². The first-order valence-corrected chi connectivity index (χ1v) is 5.10. The number of H-pyrrole nitrogens is 1. The van der Waals surface area contributed by atoms with Crippen LogP contribution in [0, 0.1) is 0 Å². The molecule has 2 aromatic rings. The summed E-state index contributed by atoms with van der Waals surface area (Å²) in [6.45, 7) is 0.360. The Morgan fingerprint density at radius 2 is 2.29 bits per heavy atom. The minimum absolute atomic E-state index is 0.230. The Labute approximate surface area is 97.3 Å². The largest absolute Gasteiger partial charge is 0.346 e. The number of nitrogens with zero attached hydrogens (tertiary/aromatic N) is 2. The van der Waals surface area contributed by atoms with Crippen LogP contribution in [0.1, 0.15) is 16.1 Å². The van der Waals surface area contributed by atoms with E-state index in [9.17, 15) is 9.59 Å². The SMILES string of the molecule is Cn1ccc(CNC(=O)c2ccc(=O)[nH]c2)n1. The minimum Gasteiger partial charge on any atom is -0.346 e. The van der Waals surface area contributed by atoms with Crippen molar-refractivity contribution >= 4 is 5.91 Å². The summed E-state index contributed by atoms with van der Waals surface area (Å²) in [6, 6.07) is 4.62. The summed E-state index contributed by atoms with van der Waals surface area (Å²) in [5.41, 5.74) is 0.970. The van der Waals surface area contributed by atoms with E-state index in [4.69, 9.17) is 0 Å². The van der Waals surface area contributed by atoms with Crippen LogP contribution in [0.2, 0.25) is 0 Å². The maximum atomic E-state index is 11.7. The van der Waals surface area contributed by atoms with Crippen molar-refractivity contribution in [1.82, 2.24) is 20.1 Å². The maximum absolute atomic E-state index is 11.7. The summed E-state index contributed by atoms with van der Waals surface area (Å²) in [6.07, 6.45) is 3.19. The van der Waals surface area contributed by atoms with Crippen molar-refractivity contribution in [1.29, 1.82) is 0 Å². The number of pyridine rings is 1. The van der Waals surface area contributed by atoms with Crippen LogP contribution in [0.5, 0.6) is 0 Å². The molecule has 0 saturated carbocycles. The first-order valence-electron chi connectivity index (χ1n) is 5.10. The molecule has 0 spiro atoms. The number of rotatable bonds is 3. The zero-order valence-electron chi connectivity index (χ0n) is 9.30. The van der Waals surface area contributed by atoms with Gasteiger partial charge in [-0.2, -0.15) is 5.10 Å². The van der Waals surface area contributed by atoms with E-state index in [-0.39, 0.29) is 11.5 Å². The predicted molar refractivity (Wildman–Crippen MR) is 61.4 cm³/mol. The molecule has 0 aliphatic carbocycles. The molecule has 2 aromatic heterocycles. The standard InChI is InChI=1S/C11H12N4O2/c1-15-5-4-9(14-15)7-13-11(17)8-2-3-10(16)12-6-8/h2-6H,7H2,1H3,(H,12,16)(H,13,17). The normalized spacial score (nSPS) is 10.2. The fourth-order valence-corrected chi connectivity index (χ4v) is 1.38. The Kier molecular flexibility index (Phi) is 3.04. The average Bonchev–Trinajstić information content (AvgIpc) is 2.73. The van der Waals surface area contributed by atoms with E-state index in [0.717, 1.165) is 5.69 Å². The number of aryl methyl sites for hydroxylation is 1. The van der Waals surface area contributed by atoms with E-state index in [1.807, 2.05) is 19.3 Å². The second-order valence-corrected chi connectivity index (χ2v) is 3.61. The molecule has 0 radical (unpaired) electrons. The van der Waals surface area contributed by atoms with E-state index >= 15 is 0 Å². The molecule has 6 nitrogen and oxygen atoms in total. The highest BCUT2D eigenvalue weighted by Crippen LogP contribution is 1.96. The molecule has 0 aromatic carbocycles. The lowest BCUT2D eigenvalue weighted by Crippen LogP contribution is -2.24. The second kappa shape index (κ2) is 4.65. The molecule has 17 heavy (non-hydrogen) atoms. The lowest BCUT2D eigenvalue weighted by molar-refractivity contribution is 0.0950. The van der Waals surface area contributed by atoms with Crippen molar-refractivity contribution in [2.24, 2.45) is 7.05 Å². The van der Waals surface area contributed by atoms with E-state index in [2.05, 4.69) is 15.4 Å². The Hall–Kier alpha value is -2.37. The summed E-state index contributed by atoms with van der Waals surface area (Å²) in [5, 5.41) is 6.85. The third-order valence-corrected chi connectivity index (χ3v) is 2.25. The molecule has 88 valence electrons. The molecule has 0 unspecified atom stereocenters. The van der Waals surface area contributed by atoms with Crippen LogP contribution >= 0.6 is 0 Å². The molecule has 0 aliphatic heterocycles. The fraction of sp³-hybridized carbons (Fsp3) is 0.182. The zero-order valence-corrected chi connectivity index (χ0v) is 9.30. The number of carbonyl (C=O) groups is 1. The first kappa shape index (κ1) is 11.1. The lowest BCUT2D eigenvalue weighted by Gasteiger charge is -2.02. The summed E-state index contributed by atoms with van der Waals surface area (Å²) >= 11 is 0. The number of carbonyl (C=O) groups excluding carboxylic acids is 1. The predicted octanol–water partition coefficient (Wildman–Crippen LogP) is 0.0384. The average molecular weight is 232 g/mol. The van der Waals surface area contributed by atoms with Gasteiger partial charge in [-0.25, -0.2) is 0 Å². The molecule has 6 heteroatoms. The summed E-state index contributed by atoms with van der Waals surface area (Å²) < 4.78 is 1.67. The Morgan fingerprint density at radius 1 is 1.47 bits per heavy atom. The van der Waals surface area contributed by atoms with Crippen LogP contribution in [0.25, 0.3) is 0 Å². The van der Waals surface area contributed by atoms with Crippen LogP contribution in [0.4, 0.5) is 0 Å². The van der Waals surface area contributed by atoms with Crippen LogP contribution in [-0.4, -0.2) is 20.7 Å². The molecule has 0 saturated heterocycles. The molecule has 0 bridgehead atoms. The van der Waals surface area contributed by atoms with Gasteiger partial charge in [0, 0.05) is 25.5 Å². The second-order valence-electron chi connectivity index (χ2n) is 3.61. The van der Waals surface area contributed by atoms with Gasteiger partial charge in [0.1, 0.15) is 0 Å². The van der Waals surface area contributed by atoms with Gasteiger partial charge in [-0.3, -0.25) is 14.3 Å². The number of aromatic amines is 1. The molecule has 2 rings (SSSR count). The van der Waals surface area contributed by atoms with Gasteiger partial charge in [-0.05, 0) is 12.1 Å². The first-order chi connectivity index (χ1) is 8.15. The summed E-state index contributed by atoms with van der Waals surface area (Å²) in [5.74, 6) is -0.244. The van der Waals surface area contributed by atoms with E-state index in [0.29, 0.717) is 12.1 Å². The fourth-order valence-electron chi connectivity index (χ4n) is 1.38. The Morgan fingerprint density at radius 3 is 2.88 bits per heavy atom. The number of amides is 1. The van der Waals surface area contributed by atoms with E-state index in [1.165, 1.54) is 18.3 Å². The smallest absolute Gasteiger partial charge is 0.253 e. The van der Waals surface area contributed by atoms with Gasteiger partial charge in [-0.15, -0.1) is 0 Å². The number of aromatic nitrogens is 3. The zero-order chi connectivity index (χ0) is 12.3. The van der Waals surface area contributed by atoms with Gasteiger partial charge in [0.25, 0.3) is 5.91 Å². The van der Waals surface area contributed by atoms with Gasteiger partial charge >= 0.3 is 0 Å². The third-order valence-electron chi connectivity index (χ3n) is 2.25. The highest BCUT2D eigenvalue weighted by molar-refractivity contribution is 5.93. The van der Waals surface area contributed by atoms with Crippen molar-refractivity contribution in [2.75, 3.05) is 0 Å². The maximum Gasteiger partial charge on any atom is 0.253 e. The molecule has 2 N–H and O–H groups in total. The van der Waals surface area contributed by atoms with Crippen LogP contribution < -0.4 is 10.9 Å². The highest BCUT2D eigenvalue weighted by Gasteiger charge is 2.05. The van der Waals surface area contributed by atoms with Gasteiger partial charge in [0.2, 0.25) is 5.56 Å². The monoisotopic (exact) mass is 232 g/mol. The molecule has 2 heterocycles. The van der Waals surface area contributed by atoms with E-state index < -0.39 is 0 Å². The Bertz CT molecular complexity index is 565. The van der Waals surface area contributed by atoms with Gasteiger partial charge in [-0.1, -0.05) is 0 Å². The van der Waals surface area contributed by atoms with Gasteiger partial charge in [0.15, 0.2) is 0 Å². The van der Waals surface area contributed by atoms with Crippen LogP contribution in [-0.2, 0) is 13.6 Å². The minimum atomic E-state index is -0.244.